The molecule has 3 unspecified atom stereocenters. The maximum Gasteiger partial charge on any atom is 0.319 e. The van der Waals surface area contributed by atoms with E-state index in [4.69, 9.17) is 4.74 Å². The molecule has 4 heteroatoms. The van der Waals surface area contributed by atoms with Crippen molar-refractivity contribution in [1.82, 2.24) is 5.32 Å². The molecule has 0 aliphatic heterocycles. The van der Waals surface area contributed by atoms with E-state index in [2.05, 4.69) is 12.2 Å². The van der Waals surface area contributed by atoms with Crippen molar-refractivity contribution in [3.63, 3.8) is 0 Å². The first-order chi connectivity index (χ1) is 8.65. The number of Topliss-reactive ketones (excluding diaryl/α,β-unsaturated/α-hetero) is 1. The van der Waals surface area contributed by atoms with E-state index in [1.165, 1.54) is 0 Å². The van der Waals surface area contributed by atoms with E-state index >= 15 is 0 Å². The van der Waals surface area contributed by atoms with Crippen LogP contribution in [-0.2, 0) is 14.3 Å². The number of ether oxygens (including phenoxy) is 1. The lowest BCUT2D eigenvalue weighted by Gasteiger charge is -2.34. The van der Waals surface area contributed by atoms with E-state index in [-0.39, 0.29) is 23.7 Å². The summed E-state index contributed by atoms with van der Waals surface area (Å²) >= 11 is 0. The molecule has 0 amide bonds. The third-order valence-corrected chi connectivity index (χ3v) is 4.38. The van der Waals surface area contributed by atoms with Gasteiger partial charge in [-0.3, -0.25) is 9.59 Å². The van der Waals surface area contributed by atoms with Gasteiger partial charge < -0.3 is 10.1 Å². The van der Waals surface area contributed by atoms with E-state index in [1.807, 2.05) is 0 Å². The normalized spacial score (nSPS) is 34.7. The molecule has 0 heterocycles. The van der Waals surface area contributed by atoms with Crippen LogP contribution in [0.25, 0.3) is 0 Å². The Balaban J connectivity index is 2.08. The third kappa shape index (κ3) is 2.07. The van der Waals surface area contributed by atoms with Crippen LogP contribution in [0.4, 0.5) is 0 Å². The van der Waals surface area contributed by atoms with Gasteiger partial charge in [-0.25, -0.2) is 0 Å². The van der Waals surface area contributed by atoms with Crippen molar-refractivity contribution in [2.45, 2.75) is 52.0 Å². The number of rotatable bonds is 5. The van der Waals surface area contributed by atoms with Crippen molar-refractivity contribution in [2.75, 3.05) is 13.2 Å². The van der Waals surface area contributed by atoms with Gasteiger partial charge in [0.25, 0.3) is 0 Å². The van der Waals surface area contributed by atoms with E-state index in [0.717, 1.165) is 25.8 Å². The Morgan fingerprint density at radius 2 is 2.11 bits per heavy atom. The zero-order chi connectivity index (χ0) is 13.2. The van der Waals surface area contributed by atoms with Gasteiger partial charge in [0.15, 0.2) is 5.78 Å². The molecule has 4 nitrogen and oxygen atoms in total. The minimum absolute atomic E-state index is 0.0229. The second kappa shape index (κ2) is 5.39. The van der Waals surface area contributed by atoms with Crippen LogP contribution >= 0.6 is 0 Å². The van der Waals surface area contributed by atoms with Crippen LogP contribution in [0.2, 0.25) is 0 Å². The van der Waals surface area contributed by atoms with Crippen LogP contribution in [0.15, 0.2) is 0 Å². The van der Waals surface area contributed by atoms with Gasteiger partial charge in [-0.15, -0.1) is 0 Å². The van der Waals surface area contributed by atoms with Crippen molar-refractivity contribution < 1.29 is 14.3 Å². The second-order valence-corrected chi connectivity index (χ2v) is 5.41. The predicted molar refractivity (Wildman–Crippen MR) is 68.1 cm³/mol. The molecule has 0 saturated heterocycles. The Morgan fingerprint density at radius 3 is 2.78 bits per heavy atom. The highest BCUT2D eigenvalue weighted by molar-refractivity contribution is 6.07. The van der Waals surface area contributed by atoms with Gasteiger partial charge in [0.1, 0.15) is 5.41 Å². The van der Waals surface area contributed by atoms with E-state index < -0.39 is 5.41 Å². The topological polar surface area (TPSA) is 55.4 Å². The molecule has 2 aliphatic carbocycles. The van der Waals surface area contributed by atoms with Crippen LogP contribution in [0, 0.1) is 11.3 Å². The van der Waals surface area contributed by atoms with Crippen LogP contribution in [0.5, 0.6) is 0 Å². The molecular weight excluding hydrogens is 230 g/mol. The van der Waals surface area contributed by atoms with Gasteiger partial charge in [-0.2, -0.15) is 0 Å². The zero-order valence-corrected chi connectivity index (χ0v) is 11.3. The summed E-state index contributed by atoms with van der Waals surface area (Å²) in [6.45, 7) is 5.21. The van der Waals surface area contributed by atoms with E-state index in [9.17, 15) is 9.59 Å². The fourth-order valence-corrected chi connectivity index (χ4v) is 3.39. The lowest BCUT2D eigenvalue weighted by atomic mass is 9.72. The number of carbonyl (C=O) groups excluding carboxylic acids is 2. The van der Waals surface area contributed by atoms with Gasteiger partial charge in [0.05, 0.1) is 6.61 Å². The molecule has 2 rings (SSSR count). The lowest BCUT2D eigenvalue weighted by Crippen LogP contribution is -2.49. The van der Waals surface area contributed by atoms with Gasteiger partial charge in [0.2, 0.25) is 0 Å². The minimum atomic E-state index is -0.801. The molecule has 2 bridgehead atoms. The fraction of sp³-hybridized carbons (Fsp3) is 0.857. The molecule has 18 heavy (non-hydrogen) atoms. The molecule has 0 aromatic rings. The number of ketones is 1. The molecule has 0 radical (unpaired) electrons. The average molecular weight is 253 g/mol. The molecule has 2 fully saturated rings. The highest BCUT2D eigenvalue weighted by Gasteiger charge is 2.58. The quantitative estimate of drug-likeness (QED) is 0.598. The molecule has 0 aromatic heterocycles. The Bertz CT molecular complexity index is 342. The first-order valence-corrected chi connectivity index (χ1v) is 7.10. The number of hydrogen-bond donors (Lipinski definition) is 1. The largest absolute Gasteiger partial charge is 0.465 e. The van der Waals surface area contributed by atoms with E-state index in [1.54, 1.807) is 6.92 Å². The number of fused-ring (bicyclic) bond motifs is 2. The van der Waals surface area contributed by atoms with Crippen molar-refractivity contribution in [3.05, 3.63) is 0 Å². The molecule has 2 aliphatic rings. The Hall–Kier alpha value is -0.900. The number of nitrogens with one attached hydrogen (secondary N) is 1. The molecule has 2 saturated carbocycles. The van der Waals surface area contributed by atoms with E-state index in [0.29, 0.717) is 19.4 Å². The molecule has 0 spiro atoms. The number of esters is 1. The van der Waals surface area contributed by atoms with Gasteiger partial charge in [0, 0.05) is 12.0 Å². The van der Waals surface area contributed by atoms with Gasteiger partial charge in [-0.05, 0) is 45.6 Å². The van der Waals surface area contributed by atoms with Crippen LogP contribution in [-0.4, -0.2) is 30.9 Å². The lowest BCUT2D eigenvalue weighted by molar-refractivity contribution is -0.161. The third-order valence-electron chi connectivity index (χ3n) is 4.38. The molecule has 0 aromatic carbocycles. The Labute approximate surface area is 108 Å². The second-order valence-electron chi connectivity index (χ2n) is 5.41. The number of carbonyl (C=O) groups is 2. The maximum absolute atomic E-state index is 12.5. The average Bonchev–Trinajstić information content (AvgIpc) is 2.59. The minimum Gasteiger partial charge on any atom is -0.465 e. The first kappa shape index (κ1) is 13.5. The maximum atomic E-state index is 12.5. The molecule has 102 valence electrons. The van der Waals surface area contributed by atoms with Crippen LogP contribution < -0.4 is 5.32 Å². The molecule has 3 atom stereocenters. The fourth-order valence-electron chi connectivity index (χ4n) is 3.39. The van der Waals surface area contributed by atoms with Gasteiger partial charge in [-0.1, -0.05) is 6.92 Å². The monoisotopic (exact) mass is 253 g/mol. The van der Waals surface area contributed by atoms with Crippen molar-refractivity contribution >= 4 is 11.8 Å². The highest BCUT2D eigenvalue weighted by atomic mass is 16.5. The Kier molecular flexibility index (Phi) is 4.05. The summed E-state index contributed by atoms with van der Waals surface area (Å²) < 4.78 is 5.11. The van der Waals surface area contributed by atoms with Gasteiger partial charge >= 0.3 is 5.97 Å². The standard InChI is InChI=1S/C14H23NO3/c1-3-9-15-11-6-8-14(13(17)18-4-2)7-5-10(11)12(14)16/h10-11,15H,3-9H2,1-2H3. The summed E-state index contributed by atoms with van der Waals surface area (Å²) in [5.74, 6) is -0.137. The van der Waals surface area contributed by atoms with Crippen LogP contribution in [0.1, 0.15) is 46.0 Å². The summed E-state index contributed by atoms with van der Waals surface area (Å²) in [6.07, 6.45) is 4.15. The smallest absolute Gasteiger partial charge is 0.319 e. The molecule has 1 N–H and O–H groups in total. The van der Waals surface area contributed by atoms with Crippen LogP contribution in [0.3, 0.4) is 0 Å². The number of hydrogen-bond acceptors (Lipinski definition) is 4. The summed E-state index contributed by atoms with van der Waals surface area (Å²) in [5, 5.41) is 3.44. The van der Waals surface area contributed by atoms with Crippen molar-refractivity contribution in [1.29, 1.82) is 0 Å². The Morgan fingerprint density at radius 1 is 1.39 bits per heavy atom. The first-order valence-electron chi connectivity index (χ1n) is 7.10. The summed E-state index contributed by atoms with van der Waals surface area (Å²) in [4.78, 5) is 24.5. The summed E-state index contributed by atoms with van der Waals surface area (Å²) in [5.41, 5.74) is -0.801. The summed E-state index contributed by atoms with van der Waals surface area (Å²) in [6, 6.07) is 0.266. The predicted octanol–water partition coefficient (Wildman–Crippen LogP) is 1.68. The van der Waals surface area contributed by atoms with Crippen molar-refractivity contribution in [3.8, 4) is 0 Å². The SMILES string of the molecule is CCCNC1CCC2(C(=O)OCC)CCC1C2=O. The zero-order valence-electron chi connectivity index (χ0n) is 11.3. The highest BCUT2D eigenvalue weighted by Crippen LogP contribution is 2.49. The summed E-state index contributed by atoms with van der Waals surface area (Å²) in [7, 11) is 0. The molecular formula is C14H23NO3. The van der Waals surface area contributed by atoms with Crippen molar-refractivity contribution in [2.24, 2.45) is 11.3 Å².